The van der Waals surface area contributed by atoms with E-state index >= 15 is 0 Å². The molecule has 1 amide bonds. The zero-order chi connectivity index (χ0) is 16.2. The smallest absolute Gasteiger partial charge is 0.261 e. The fourth-order valence-corrected chi connectivity index (χ4v) is 4.90. The molecule has 2 aliphatic rings. The SMILES string of the molecule is CCN(CC)CCNC(=O)c1cc2c(s1)CN(C1CCCC1)C2. The van der Waals surface area contributed by atoms with Crippen molar-refractivity contribution in [3.63, 3.8) is 0 Å². The van der Waals surface area contributed by atoms with E-state index in [1.54, 1.807) is 11.3 Å². The van der Waals surface area contributed by atoms with Gasteiger partial charge in [0.2, 0.25) is 0 Å². The first-order valence-electron chi connectivity index (χ1n) is 9.07. The molecular formula is C18H29N3OS. The van der Waals surface area contributed by atoms with E-state index in [9.17, 15) is 4.79 Å². The molecule has 1 fully saturated rings. The molecule has 1 aromatic heterocycles. The molecule has 0 bridgehead atoms. The van der Waals surface area contributed by atoms with Gasteiger partial charge in [0.05, 0.1) is 4.88 Å². The van der Waals surface area contributed by atoms with Crippen LogP contribution in [-0.4, -0.2) is 47.9 Å². The van der Waals surface area contributed by atoms with Crippen LogP contribution in [-0.2, 0) is 13.1 Å². The molecule has 1 N–H and O–H groups in total. The van der Waals surface area contributed by atoms with Crippen LogP contribution >= 0.6 is 11.3 Å². The van der Waals surface area contributed by atoms with Gasteiger partial charge in [-0.05, 0) is 37.6 Å². The number of hydrogen-bond donors (Lipinski definition) is 1. The minimum atomic E-state index is 0.101. The molecule has 0 unspecified atom stereocenters. The molecule has 3 rings (SSSR count). The maximum Gasteiger partial charge on any atom is 0.261 e. The second-order valence-corrected chi connectivity index (χ2v) is 7.82. The normalized spacial score (nSPS) is 18.7. The molecule has 0 saturated heterocycles. The third kappa shape index (κ3) is 3.95. The monoisotopic (exact) mass is 335 g/mol. The topological polar surface area (TPSA) is 35.6 Å². The van der Waals surface area contributed by atoms with Crippen LogP contribution in [0.3, 0.4) is 0 Å². The van der Waals surface area contributed by atoms with Crippen molar-refractivity contribution in [3.8, 4) is 0 Å². The van der Waals surface area contributed by atoms with Gasteiger partial charge in [0, 0.05) is 37.1 Å². The van der Waals surface area contributed by atoms with Crippen molar-refractivity contribution in [3.05, 3.63) is 21.4 Å². The number of fused-ring (bicyclic) bond motifs is 1. The summed E-state index contributed by atoms with van der Waals surface area (Å²) >= 11 is 1.70. The summed E-state index contributed by atoms with van der Waals surface area (Å²) < 4.78 is 0. The van der Waals surface area contributed by atoms with E-state index in [2.05, 4.69) is 35.0 Å². The Labute approximate surface area is 143 Å². The van der Waals surface area contributed by atoms with Gasteiger partial charge in [-0.25, -0.2) is 0 Å². The highest BCUT2D eigenvalue weighted by Crippen LogP contribution is 2.35. The number of carbonyl (C=O) groups is 1. The van der Waals surface area contributed by atoms with Gasteiger partial charge in [-0.15, -0.1) is 11.3 Å². The molecule has 23 heavy (non-hydrogen) atoms. The van der Waals surface area contributed by atoms with Gasteiger partial charge in [0.15, 0.2) is 0 Å². The zero-order valence-corrected chi connectivity index (χ0v) is 15.3. The highest BCUT2D eigenvalue weighted by molar-refractivity contribution is 7.14. The molecule has 0 aromatic carbocycles. The van der Waals surface area contributed by atoms with Crippen molar-refractivity contribution in [2.45, 2.75) is 58.7 Å². The summed E-state index contributed by atoms with van der Waals surface area (Å²) in [6, 6.07) is 2.91. The number of carbonyl (C=O) groups excluding carboxylic acids is 1. The van der Waals surface area contributed by atoms with Gasteiger partial charge < -0.3 is 10.2 Å². The second-order valence-electron chi connectivity index (χ2n) is 6.69. The van der Waals surface area contributed by atoms with Crippen molar-refractivity contribution in [1.82, 2.24) is 15.1 Å². The van der Waals surface area contributed by atoms with Gasteiger partial charge in [-0.1, -0.05) is 26.7 Å². The van der Waals surface area contributed by atoms with Crippen LogP contribution in [0.4, 0.5) is 0 Å². The minimum Gasteiger partial charge on any atom is -0.350 e. The highest BCUT2D eigenvalue weighted by Gasteiger charge is 2.30. The summed E-state index contributed by atoms with van der Waals surface area (Å²) in [5.74, 6) is 0.101. The standard InChI is InChI=1S/C18H29N3OS/c1-3-20(4-2)10-9-19-18(22)16-11-14-12-21(13-17(14)23-16)15-7-5-6-8-15/h11,15H,3-10,12-13H2,1-2H3,(H,19,22). The van der Waals surface area contributed by atoms with Crippen LogP contribution in [0.25, 0.3) is 0 Å². The van der Waals surface area contributed by atoms with E-state index in [4.69, 9.17) is 0 Å². The summed E-state index contributed by atoms with van der Waals surface area (Å²) in [6.07, 6.45) is 5.48. The van der Waals surface area contributed by atoms with Crippen LogP contribution < -0.4 is 5.32 Å². The molecule has 1 aliphatic heterocycles. The average Bonchev–Trinajstić information content (AvgIpc) is 3.25. The van der Waals surface area contributed by atoms with Gasteiger partial charge in [0.25, 0.3) is 5.91 Å². The zero-order valence-electron chi connectivity index (χ0n) is 14.4. The Morgan fingerprint density at radius 3 is 2.70 bits per heavy atom. The highest BCUT2D eigenvalue weighted by atomic mass is 32.1. The van der Waals surface area contributed by atoms with Crippen molar-refractivity contribution < 1.29 is 4.79 Å². The number of likely N-dealkylation sites (N-methyl/N-ethyl adjacent to an activating group) is 1. The molecule has 128 valence electrons. The van der Waals surface area contributed by atoms with E-state index in [-0.39, 0.29) is 5.91 Å². The lowest BCUT2D eigenvalue weighted by molar-refractivity contribution is 0.0952. The predicted octanol–water partition coefficient (Wildman–Crippen LogP) is 3.08. The Kier molecular flexibility index (Phi) is 5.72. The maximum atomic E-state index is 12.3. The predicted molar refractivity (Wildman–Crippen MR) is 95.9 cm³/mol. The largest absolute Gasteiger partial charge is 0.350 e. The maximum absolute atomic E-state index is 12.3. The third-order valence-electron chi connectivity index (χ3n) is 5.29. The Bertz CT molecular complexity index is 509. The van der Waals surface area contributed by atoms with E-state index in [0.29, 0.717) is 0 Å². The number of rotatable bonds is 7. The van der Waals surface area contributed by atoms with Crippen LogP contribution in [0.2, 0.25) is 0 Å². The van der Waals surface area contributed by atoms with Crippen LogP contribution in [0.5, 0.6) is 0 Å². The number of hydrogen-bond acceptors (Lipinski definition) is 4. The second kappa shape index (κ2) is 7.77. The quantitative estimate of drug-likeness (QED) is 0.832. The Morgan fingerprint density at radius 1 is 1.30 bits per heavy atom. The Morgan fingerprint density at radius 2 is 2.04 bits per heavy atom. The van der Waals surface area contributed by atoms with Gasteiger partial charge in [-0.2, -0.15) is 0 Å². The minimum absolute atomic E-state index is 0.101. The van der Waals surface area contributed by atoms with Crippen LogP contribution in [0.15, 0.2) is 6.07 Å². The molecule has 1 aromatic rings. The lowest BCUT2D eigenvalue weighted by atomic mass is 10.2. The molecule has 1 saturated carbocycles. The summed E-state index contributed by atoms with van der Waals surface area (Å²) in [5.41, 5.74) is 1.38. The summed E-state index contributed by atoms with van der Waals surface area (Å²) in [4.78, 5) is 19.5. The average molecular weight is 336 g/mol. The van der Waals surface area contributed by atoms with Gasteiger partial charge >= 0.3 is 0 Å². The van der Waals surface area contributed by atoms with E-state index in [0.717, 1.165) is 50.2 Å². The van der Waals surface area contributed by atoms with Crippen molar-refractivity contribution >= 4 is 17.2 Å². The van der Waals surface area contributed by atoms with E-state index in [1.165, 1.54) is 36.1 Å². The molecule has 0 spiro atoms. The van der Waals surface area contributed by atoms with Crippen molar-refractivity contribution in [1.29, 1.82) is 0 Å². The first-order chi connectivity index (χ1) is 11.2. The lowest BCUT2D eigenvalue weighted by Crippen LogP contribution is -2.34. The summed E-state index contributed by atoms with van der Waals surface area (Å²) in [6.45, 7) is 10.2. The lowest BCUT2D eigenvalue weighted by Gasteiger charge is -2.22. The molecule has 2 heterocycles. The fourth-order valence-electron chi connectivity index (χ4n) is 3.79. The summed E-state index contributed by atoms with van der Waals surface area (Å²) in [7, 11) is 0. The molecular weight excluding hydrogens is 306 g/mol. The Hall–Kier alpha value is -0.910. The first kappa shape index (κ1) is 16.9. The number of amides is 1. The fraction of sp³-hybridized carbons (Fsp3) is 0.722. The first-order valence-corrected chi connectivity index (χ1v) is 9.89. The van der Waals surface area contributed by atoms with Gasteiger partial charge in [-0.3, -0.25) is 9.69 Å². The Balaban J connectivity index is 1.49. The molecule has 0 radical (unpaired) electrons. The molecule has 4 nitrogen and oxygen atoms in total. The number of nitrogens with zero attached hydrogens (tertiary/aromatic N) is 2. The van der Waals surface area contributed by atoms with E-state index in [1.807, 2.05) is 0 Å². The van der Waals surface area contributed by atoms with Crippen LogP contribution in [0.1, 0.15) is 59.6 Å². The summed E-state index contributed by atoms with van der Waals surface area (Å²) in [5, 5.41) is 3.07. The van der Waals surface area contributed by atoms with E-state index < -0.39 is 0 Å². The van der Waals surface area contributed by atoms with Gasteiger partial charge in [0.1, 0.15) is 0 Å². The van der Waals surface area contributed by atoms with Crippen molar-refractivity contribution in [2.75, 3.05) is 26.2 Å². The van der Waals surface area contributed by atoms with Crippen LogP contribution in [0, 0.1) is 0 Å². The number of nitrogens with one attached hydrogen (secondary N) is 1. The molecule has 5 heteroatoms. The number of thiophene rings is 1. The molecule has 1 aliphatic carbocycles. The molecule has 0 atom stereocenters. The third-order valence-corrected chi connectivity index (χ3v) is 6.45. The van der Waals surface area contributed by atoms with Crippen molar-refractivity contribution in [2.24, 2.45) is 0 Å².